The lowest BCUT2D eigenvalue weighted by atomic mass is 10.1. The Kier molecular flexibility index (Phi) is 7.75. The normalized spacial score (nSPS) is 11.7. The molecule has 0 bridgehead atoms. The molecule has 0 radical (unpaired) electrons. The number of hydrogen-bond donors (Lipinski definition) is 3. The lowest BCUT2D eigenvalue weighted by molar-refractivity contribution is 0.0996. The molecule has 3 rings (SSSR count). The zero-order valence-electron chi connectivity index (χ0n) is 18.0. The van der Waals surface area contributed by atoms with Gasteiger partial charge in [0.1, 0.15) is 5.75 Å². The van der Waals surface area contributed by atoms with Gasteiger partial charge in [0.05, 0.1) is 30.1 Å². The fourth-order valence-corrected chi connectivity index (χ4v) is 3.33. The fourth-order valence-electron chi connectivity index (χ4n) is 3.10. The lowest BCUT2D eigenvalue weighted by Gasteiger charge is -2.25. The summed E-state index contributed by atoms with van der Waals surface area (Å²) in [6.45, 7) is 0.386. The summed E-state index contributed by atoms with van der Waals surface area (Å²) in [5.41, 5.74) is 1.92. The number of nitrogens with zero attached hydrogens (tertiary/aromatic N) is 1. The Bertz CT molecular complexity index is 1070. The zero-order chi connectivity index (χ0) is 23.1. The molecule has 1 heterocycles. The molecule has 32 heavy (non-hydrogen) atoms. The van der Waals surface area contributed by atoms with Crippen molar-refractivity contribution in [2.24, 2.45) is 0 Å². The van der Waals surface area contributed by atoms with Crippen LogP contribution >= 0.6 is 11.6 Å². The summed E-state index contributed by atoms with van der Waals surface area (Å²) in [6, 6.07) is 15.3. The zero-order valence-corrected chi connectivity index (χ0v) is 18.8. The predicted octanol–water partition coefficient (Wildman–Crippen LogP) is 4.62. The average molecular weight is 457 g/mol. The molecule has 0 spiro atoms. The Morgan fingerprint density at radius 3 is 2.56 bits per heavy atom. The number of hydrogen-bond acceptors (Lipinski definition) is 5. The van der Waals surface area contributed by atoms with Crippen LogP contribution in [0, 0.1) is 0 Å². The monoisotopic (exact) mass is 456 g/mol. The molecule has 0 fully saturated rings. The smallest absolute Gasteiger partial charge is 0.319 e. The van der Waals surface area contributed by atoms with Crippen LogP contribution in [-0.2, 0) is 0 Å². The number of benzene rings is 2. The summed E-state index contributed by atoms with van der Waals surface area (Å²) >= 11 is 6.26. The highest BCUT2D eigenvalue weighted by molar-refractivity contribution is 6.34. The third-order valence-electron chi connectivity index (χ3n) is 4.78. The van der Waals surface area contributed by atoms with Crippen LogP contribution in [0.25, 0.3) is 0 Å². The van der Waals surface area contributed by atoms with Crippen molar-refractivity contribution in [1.29, 1.82) is 0 Å². The molecular weight excluding hydrogens is 432 g/mol. The highest BCUT2D eigenvalue weighted by Crippen LogP contribution is 2.26. The summed E-state index contributed by atoms with van der Waals surface area (Å²) in [5, 5.41) is 8.57. The molecule has 0 aliphatic heterocycles. The second-order valence-corrected chi connectivity index (χ2v) is 7.62. The number of urea groups is 1. The SMILES string of the molecule is COc1cccc(C(CNC(=O)Nc2ccc(NC(=O)c3ccco3)c(Cl)c2)N(C)C)c1. The Labute approximate surface area is 191 Å². The summed E-state index contributed by atoms with van der Waals surface area (Å²) in [5.74, 6) is 0.518. The first-order valence-electron chi connectivity index (χ1n) is 9.87. The van der Waals surface area contributed by atoms with E-state index in [0.717, 1.165) is 11.3 Å². The highest BCUT2D eigenvalue weighted by atomic mass is 35.5. The van der Waals surface area contributed by atoms with Crippen LogP contribution in [0.1, 0.15) is 22.2 Å². The van der Waals surface area contributed by atoms with Crippen LogP contribution in [0.3, 0.4) is 0 Å². The molecule has 0 saturated heterocycles. The molecule has 9 heteroatoms. The molecule has 3 aromatic rings. The maximum atomic E-state index is 12.4. The number of carbonyl (C=O) groups excluding carboxylic acids is 2. The van der Waals surface area contributed by atoms with E-state index in [1.807, 2.05) is 43.3 Å². The molecule has 1 atom stereocenters. The first-order valence-corrected chi connectivity index (χ1v) is 10.2. The molecule has 0 aliphatic carbocycles. The first-order chi connectivity index (χ1) is 15.4. The quantitative estimate of drug-likeness (QED) is 0.459. The number of nitrogens with one attached hydrogen (secondary N) is 3. The number of likely N-dealkylation sites (N-methyl/N-ethyl adjacent to an activating group) is 1. The van der Waals surface area contributed by atoms with Crippen molar-refractivity contribution in [2.45, 2.75) is 6.04 Å². The number of halogens is 1. The largest absolute Gasteiger partial charge is 0.497 e. The molecule has 0 aliphatic rings. The standard InChI is InChI=1S/C23H25ClN4O4/c1-28(2)20(15-6-4-7-17(12-15)31-3)14-25-23(30)26-16-9-10-19(18(24)13-16)27-22(29)21-8-5-11-32-21/h4-13,20H,14H2,1-3H3,(H,27,29)(H2,25,26,30). The van der Waals surface area contributed by atoms with Gasteiger partial charge < -0.3 is 30.0 Å². The van der Waals surface area contributed by atoms with Gasteiger partial charge in [0.2, 0.25) is 0 Å². The molecule has 168 valence electrons. The van der Waals surface area contributed by atoms with E-state index in [4.69, 9.17) is 20.8 Å². The molecule has 0 saturated carbocycles. The van der Waals surface area contributed by atoms with E-state index in [1.165, 1.54) is 6.26 Å². The van der Waals surface area contributed by atoms with Crippen molar-refractivity contribution in [1.82, 2.24) is 10.2 Å². The summed E-state index contributed by atoms with van der Waals surface area (Å²) < 4.78 is 10.4. The summed E-state index contributed by atoms with van der Waals surface area (Å²) in [6.07, 6.45) is 1.41. The Morgan fingerprint density at radius 2 is 1.91 bits per heavy atom. The van der Waals surface area contributed by atoms with Crippen molar-refractivity contribution in [3.05, 3.63) is 77.2 Å². The molecular formula is C23H25ClN4O4. The minimum atomic E-state index is -0.414. The van der Waals surface area contributed by atoms with Crippen LogP contribution < -0.4 is 20.7 Å². The van der Waals surface area contributed by atoms with Gasteiger partial charge in [-0.3, -0.25) is 4.79 Å². The summed E-state index contributed by atoms with van der Waals surface area (Å²) in [4.78, 5) is 26.5. The van der Waals surface area contributed by atoms with E-state index in [9.17, 15) is 9.59 Å². The molecule has 3 amide bonds. The van der Waals surface area contributed by atoms with E-state index in [2.05, 4.69) is 16.0 Å². The van der Waals surface area contributed by atoms with Gasteiger partial charge in [-0.1, -0.05) is 23.7 Å². The fraction of sp³-hybridized carbons (Fsp3) is 0.217. The van der Waals surface area contributed by atoms with Gasteiger partial charge in [-0.05, 0) is 62.1 Å². The number of ether oxygens (including phenoxy) is 1. The van der Waals surface area contributed by atoms with Gasteiger partial charge in [-0.2, -0.15) is 0 Å². The van der Waals surface area contributed by atoms with Gasteiger partial charge in [0.15, 0.2) is 5.76 Å². The highest BCUT2D eigenvalue weighted by Gasteiger charge is 2.17. The molecule has 1 unspecified atom stereocenters. The van der Waals surface area contributed by atoms with Crippen molar-refractivity contribution < 1.29 is 18.7 Å². The van der Waals surface area contributed by atoms with E-state index < -0.39 is 5.91 Å². The van der Waals surface area contributed by atoms with Crippen LogP contribution in [-0.4, -0.2) is 44.6 Å². The Hall–Kier alpha value is -3.49. The van der Waals surface area contributed by atoms with Crippen molar-refractivity contribution in [3.8, 4) is 5.75 Å². The van der Waals surface area contributed by atoms with Gasteiger partial charge in [-0.15, -0.1) is 0 Å². The molecule has 3 N–H and O–H groups in total. The molecule has 2 aromatic carbocycles. The molecule has 1 aromatic heterocycles. The minimum absolute atomic E-state index is 0.0429. The van der Waals surface area contributed by atoms with Crippen molar-refractivity contribution in [3.63, 3.8) is 0 Å². The Morgan fingerprint density at radius 1 is 1.09 bits per heavy atom. The minimum Gasteiger partial charge on any atom is -0.497 e. The van der Waals surface area contributed by atoms with Crippen molar-refractivity contribution in [2.75, 3.05) is 38.4 Å². The van der Waals surface area contributed by atoms with Crippen LogP contribution in [0.15, 0.2) is 65.3 Å². The maximum Gasteiger partial charge on any atom is 0.319 e. The second-order valence-electron chi connectivity index (χ2n) is 7.22. The molecule has 8 nitrogen and oxygen atoms in total. The van der Waals surface area contributed by atoms with Crippen LogP contribution in [0.4, 0.5) is 16.2 Å². The number of rotatable bonds is 8. The predicted molar refractivity (Wildman–Crippen MR) is 125 cm³/mol. The number of amides is 3. The third kappa shape index (κ3) is 6.03. The van der Waals surface area contributed by atoms with E-state index in [0.29, 0.717) is 17.9 Å². The van der Waals surface area contributed by atoms with Crippen LogP contribution in [0.5, 0.6) is 5.75 Å². The number of furan rings is 1. The number of anilines is 2. The van der Waals surface area contributed by atoms with Crippen LogP contribution in [0.2, 0.25) is 5.02 Å². The van der Waals surface area contributed by atoms with E-state index >= 15 is 0 Å². The van der Waals surface area contributed by atoms with Gasteiger partial charge in [0, 0.05) is 12.2 Å². The van der Waals surface area contributed by atoms with Gasteiger partial charge >= 0.3 is 6.03 Å². The number of carbonyl (C=O) groups is 2. The second kappa shape index (κ2) is 10.7. The Balaban J connectivity index is 1.59. The maximum absolute atomic E-state index is 12.4. The number of methoxy groups -OCH3 is 1. The summed E-state index contributed by atoms with van der Waals surface area (Å²) in [7, 11) is 5.51. The topological polar surface area (TPSA) is 95.8 Å². The van der Waals surface area contributed by atoms with Gasteiger partial charge in [-0.25, -0.2) is 4.79 Å². The van der Waals surface area contributed by atoms with E-state index in [-0.39, 0.29) is 22.9 Å². The third-order valence-corrected chi connectivity index (χ3v) is 5.09. The van der Waals surface area contributed by atoms with Crippen molar-refractivity contribution >= 4 is 34.9 Å². The lowest BCUT2D eigenvalue weighted by Crippen LogP contribution is -2.36. The average Bonchev–Trinajstić information content (AvgIpc) is 3.31. The van der Waals surface area contributed by atoms with E-state index in [1.54, 1.807) is 37.4 Å². The van der Waals surface area contributed by atoms with Gasteiger partial charge in [0.25, 0.3) is 5.91 Å². The first kappa shape index (κ1) is 23.2.